The van der Waals surface area contributed by atoms with Gasteiger partial charge in [-0.1, -0.05) is 19.1 Å². The fraction of sp³-hybridized carbons (Fsp3) is 0.533. The Hall–Kier alpha value is -1.04. The van der Waals surface area contributed by atoms with Gasteiger partial charge >= 0.3 is 6.18 Å². The van der Waals surface area contributed by atoms with Crippen LogP contribution in [-0.2, 0) is 22.6 Å². The van der Waals surface area contributed by atoms with Gasteiger partial charge in [-0.3, -0.25) is 4.99 Å². The van der Waals surface area contributed by atoms with E-state index < -0.39 is 21.6 Å². The third-order valence-corrected chi connectivity index (χ3v) is 5.12. The summed E-state index contributed by atoms with van der Waals surface area (Å²) in [5.74, 6) is 0.548. The van der Waals surface area contributed by atoms with Gasteiger partial charge in [0.1, 0.15) is 0 Å². The van der Waals surface area contributed by atoms with Crippen molar-refractivity contribution in [1.29, 1.82) is 0 Å². The Morgan fingerprint density at radius 1 is 1.24 bits per heavy atom. The maximum atomic E-state index is 12.5. The lowest BCUT2D eigenvalue weighted by Gasteiger charge is -2.22. The molecule has 0 aliphatic rings. The summed E-state index contributed by atoms with van der Waals surface area (Å²) in [6.45, 7) is 2.15. The standard InChI is InChI=1S/C15H22F3N3O2S.HI/c1-4-24(22,23)10-9-20-14(19-2)21(3)11-12-5-7-13(8-6-12)15(16,17)18;/h5-8H,4,9-11H2,1-3H3,(H,19,20);1H. The monoisotopic (exact) mass is 493 g/mol. The number of aliphatic imine (C=N–C) groups is 1. The van der Waals surface area contributed by atoms with Crippen LogP contribution in [-0.4, -0.2) is 51.4 Å². The molecule has 0 aromatic heterocycles. The van der Waals surface area contributed by atoms with E-state index in [1.807, 2.05) is 0 Å². The van der Waals surface area contributed by atoms with Crippen LogP contribution >= 0.6 is 24.0 Å². The van der Waals surface area contributed by atoms with E-state index in [-0.39, 0.29) is 42.0 Å². The SMILES string of the molecule is CCS(=O)(=O)CCNC(=NC)N(C)Cc1ccc(C(F)(F)F)cc1.I. The van der Waals surface area contributed by atoms with Crippen LogP contribution in [0.3, 0.4) is 0 Å². The van der Waals surface area contributed by atoms with Crippen LogP contribution in [0.5, 0.6) is 0 Å². The molecule has 25 heavy (non-hydrogen) atoms. The average Bonchev–Trinajstić information content (AvgIpc) is 2.51. The Labute approximate surface area is 163 Å². The predicted molar refractivity (Wildman–Crippen MR) is 104 cm³/mol. The van der Waals surface area contributed by atoms with Crippen molar-refractivity contribution in [2.24, 2.45) is 4.99 Å². The Kier molecular flexibility index (Phi) is 9.77. The number of rotatable bonds is 6. The summed E-state index contributed by atoms with van der Waals surface area (Å²) in [5.41, 5.74) is -0.00388. The lowest BCUT2D eigenvalue weighted by Crippen LogP contribution is -2.40. The molecule has 10 heteroatoms. The van der Waals surface area contributed by atoms with Gasteiger partial charge in [-0.15, -0.1) is 24.0 Å². The smallest absolute Gasteiger partial charge is 0.355 e. The van der Waals surface area contributed by atoms with E-state index in [9.17, 15) is 21.6 Å². The highest BCUT2D eigenvalue weighted by molar-refractivity contribution is 14.0. The minimum atomic E-state index is -4.35. The molecule has 0 amide bonds. The van der Waals surface area contributed by atoms with Gasteiger partial charge in [0, 0.05) is 32.9 Å². The second kappa shape index (κ2) is 10.2. The van der Waals surface area contributed by atoms with Crippen LogP contribution in [0.25, 0.3) is 0 Å². The van der Waals surface area contributed by atoms with Gasteiger partial charge in [0.15, 0.2) is 15.8 Å². The van der Waals surface area contributed by atoms with E-state index in [1.165, 1.54) is 12.1 Å². The molecule has 0 atom stereocenters. The first-order valence-corrected chi connectivity index (χ1v) is 9.19. The van der Waals surface area contributed by atoms with Crippen LogP contribution in [0.15, 0.2) is 29.3 Å². The second-order valence-corrected chi connectivity index (χ2v) is 7.73. The van der Waals surface area contributed by atoms with Crippen LogP contribution in [0, 0.1) is 0 Å². The quantitative estimate of drug-likeness (QED) is 0.376. The van der Waals surface area contributed by atoms with Crippen molar-refractivity contribution in [3.8, 4) is 0 Å². The third-order valence-electron chi connectivity index (χ3n) is 3.41. The van der Waals surface area contributed by atoms with Crippen LogP contribution in [0.4, 0.5) is 13.2 Å². The first-order chi connectivity index (χ1) is 11.1. The Morgan fingerprint density at radius 2 is 1.80 bits per heavy atom. The van der Waals surface area contributed by atoms with Crippen LogP contribution in [0.2, 0.25) is 0 Å². The molecule has 1 aromatic rings. The molecule has 0 saturated carbocycles. The second-order valence-electron chi connectivity index (χ2n) is 5.26. The van der Waals surface area contributed by atoms with E-state index in [0.717, 1.165) is 12.1 Å². The van der Waals surface area contributed by atoms with Gasteiger partial charge in [0.2, 0.25) is 0 Å². The lowest BCUT2D eigenvalue weighted by molar-refractivity contribution is -0.137. The molecule has 0 radical (unpaired) electrons. The summed E-state index contributed by atoms with van der Waals surface area (Å²) in [6, 6.07) is 4.89. The van der Waals surface area contributed by atoms with E-state index >= 15 is 0 Å². The molecule has 5 nitrogen and oxygen atoms in total. The molecule has 1 N–H and O–H groups in total. The Balaban J connectivity index is 0.00000576. The summed E-state index contributed by atoms with van der Waals surface area (Å²) >= 11 is 0. The van der Waals surface area contributed by atoms with E-state index in [0.29, 0.717) is 18.1 Å². The summed E-state index contributed by atoms with van der Waals surface area (Å²) in [5, 5.41) is 2.93. The predicted octanol–water partition coefficient (Wildman–Crippen LogP) is 2.77. The molecular weight excluding hydrogens is 470 g/mol. The van der Waals surface area contributed by atoms with Crippen molar-refractivity contribution >= 4 is 39.8 Å². The zero-order valence-electron chi connectivity index (χ0n) is 14.3. The molecule has 0 unspecified atom stereocenters. The number of nitrogens with zero attached hydrogens (tertiary/aromatic N) is 2. The summed E-state index contributed by atoms with van der Waals surface area (Å²) in [7, 11) is 0.210. The molecule has 0 spiro atoms. The number of nitrogens with one attached hydrogen (secondary N) is 1. The van der Waals surface area contributed by atoms with Crippen molar-refractivity contribution in [3.63, 3.8) is 0 Å². The topological polar surface area (TPSA) is 61.8 Å². The Morgan fingerprint density at radius 3 is 2.24 bits per heavy atom. The number of alkyl halides is 3. The van der Waals surface area contributed by atoms with Gasteiger partial charge in [-0.2, -0.15) is 13.2 Å². The van der Waals surface area contributed by atoms with E-state index in [1.54, 1.807) is 25.9 Å². The first-order valence-electron chi connectivity index (χ1n) is 7.37. The van der Waals surface area contributed by atoms with Gasteiger partial charge in [-0.25, -0.2) is 8.42 Å². The number of halogens is 4. The number of hydrogen-bond donors (Lipinski definition) is 1. The maximum absolute atomic E-state index is 12.5. The third kappa shape index (κ3) is 8.25. The normalized spacial score (nSPS) is 12.5. The minimum Gasteiger partial charge on any atom is -0.355 e. The molecule has 0 aliphatic heterocycles. The summed E-state index contributed by atoms with van der Waals surface area (Å²) in [4.78, 5) is 5.75. The molecule has 0 aliphatic carbocycles. The Bertz CT molecular complexity index is 662. The molecule has 1 rings (SSSR count). The molecule has 144 valence electrons. The van der Waals surface area contributed by atoms with Gasteiger partial charge < -0.3 is 10.2 Å². The fourth-order valence-electron chi connectivity index (χ4n) is 2.00. The molecule has 0 bridgehead atoms. The van der Waals surface area contributed by atoms with E-state index in [4.69, 9.17) is 0 Å². The minimum absolute atomic E-state index is 0. The number of benzene rings is 1. The van der Waals surface area contributed by atoms with Gasteiger partial charge in [0.05, 0.1) is 11.3 Å². The molecule has 0 heterocycles. The van der Waals surface area contributed by atoms with Crippen molar-refractivity contribution < 1.29 is 21.6 Å². The highest BCUT2D eigenvalue weighted by atomic mass is 127. The zero-order valence-corrected chi connectivity index (χ0v) is 17.4. The van der Waals surface area contributed by atoms with Crippen LogP contribution in [0.1, 0.15) is 18.1 Å². The summed E-state index contributed by atoms with van der Waals surface area (Å²) in [6.07, 6.45) is -4.35. The van der Waals surface area contributed by atoms with Gasteiger partial charge in [0.25, 0.3) is 0 Å². The molecular formula is C15H23F3IN3O2S. The van der Waals surface area contributed by atoms with E-state index in [2.05, 4.69) is 10.3 Å². The molecule has 1 aromatic carbocycles. The first kappa shape index (κ1) is 24.0. The number of guanidine groups is 1. The summed E-state index contributed by atoms with van der Waals surface area (Å²) < 4.78 is 60.5. The highest BCUT2D eigenvalue weighted by Crippen LogP contribution is 2.29. The fourth-order valence-corrected chi connectivity index (χ4v) is 2.70. The van der Waals surface area contributed by atoms with Gasteiger partial charge in [-0.05, 0) is 17.7 Å². The largest absolute Gasteiger partial charge is 0.416 e. The number of sulfone groups is 1. The lowest BCUT2D eigenvalue weighted by atomic mass is 10.1. The van der Waals surface area contributed by atoms with Crippen molar-refractivity contribution in [2.75, 3.05) is 32.1 Å². The molecule has 0 saturated heterocycles. The maximum Gasteiger partial charge on any atom is 0.416 e. The van der Waals surface area contributed by atoms with Crippen molar-refractivity contribution in [3.05, 3.63) is 35.4 Å². The van der Waals surface area contributed by atoms with Crippen LogP contribution < -0.4 is 5.32 Å². The average molecular weight is 493 g/mol. The highest BCUT2D eigenvalue weighted by Gasteiger charge is 2.29. The molecule has 0 fully saturated rings. The number of hydrogen-bond acceptors (Lipinski definition) is 3. The van der Waals surface area contributed by atoms with Crippen molar-refractivity contribution in [2.45, 2.75) is 19.6 Å². The van der Waals surface area contributed by atoms with Crippen molar-refractivity contribution in [1.82, 2.24) is 10.2 Å². The zero-order chi connectivity index (χ0) is 18.4.